The molecular weight excluding hydrogens is 354 g/mol. The molecule has 2 bridgehead atoms. The van der Waals surface area contributed by atoms with Crippen molar-refractivity contribution < 1.29 is 26.9 Å². The number of nitrogens with one attached hydrogen (secondary N) is 1. The number of hydrogen-bond acceptors (Lipinski definition) is 7. The van der Waals surface area contributed by atoms with Gasteiger partial charge in [0.25, 0.3) is 10.1 Å². The van der Waals surface area contributed by atoms with E-state index in [4.69, 9.17) is 8.92 Å². The third-order valence-electron chi connectivity index (χ3n) is 4.83. The first-order valence-corrected chi connectivity index (χ1v) is 10.4. The van der Waals surface area contributed by atoms with E-state index in [1.54, 1.807) is 6.92 Å². The topological polar surface area (TPSA) is 98.8 Å². The summed E-state index contributed by atoms with van der Waals surface area (Å²) in [7, 11) is -3.46. The van der Waals surface area contributed by atoms with Gasteiger partial charge in [-0.3, -0.25) is 13.8 Å². The zero-order chi connectivity index (χ0) is 17.5. The number of rotatable bonds is 7. The second-order valence-electron chi connectivity index (χ2n) is 6.53. The fourth-order valence-corrected chi connectivity index (χ4v) is 6.31. The van der Waals surface area contributed by atoms with Crippen LogP contribution in [0.25, 0.3) is 0 Å². The number of thioether (sulfide) groups is 1. The lowest BCUT2D eigenvalue weighted by molar-refractivity contribution is -0.130. The monoisotopic (exact) mass is 375 g/mol. The van der Waals surface area contributed by atoms with Crippen molar-refractivity contribution in [2.45, 2.75) is 37.2 Å². The fraction of sp³-hybridized carbons (Fsp3) is 0.733. The summed E-state index contributed by atoms with van der Waals surface area (Å²) in [6.07, 6.45) is 0.597. The quantitative estimate of drug-likeness (QED) is 0.392. The first-order valence-electron chi connectivity index (χ1n) is 7.92. The number of carbonyl (C=O) groups is 2. The minimum Gasteiger partial charge on any atom is -0.365 e. The van der Waals surface area contributed by atoms with Crippen molar-refractivity contribution >= 4 is 32.9 Å². The van der Waals surface area contributed by atoms with Crippen molar-refractivity contribution in [2.75, 3.05) is 18.9 Å². The van der Waals surface area contributed by atoms with Gasteiger partial charge in [-0.1, -0.05) is 18.3 Å². The lowest BCUT2D eigenvalue weighted by Gasteiger charge is -2.24. The van der Waals surface area contributed by atoms with Gasteiger partial charge in [0.05, 0.1) is 11.4 Å². The standard InChI is InChI=1S/C15H21NO6S2/c1-8(2)15(18)23-4-3-16-12(17)7-21-13-9-5-10-11(6-9)24(19,20)22-14(10)13/h9-11,13-14H,1,3-7H2,2H3,(H,16,17). The second-order valence-corrected chi connectivity index (χ2v) is 9.38. The summed E-state index contributed by atoms with van der Waals surface area (Å²) in [5.74, 6) is 0.354. The van der Waals surface area contributed by atoms with E-state index in [0.717, 1.165) is 18.2 Å². The lowest BCUT2D eigenvalue weighted by atomic mass is 9.94. The zero-order valence-electron chi connectivity index (χ0n) is 13.4. The smallest absolute Gasteiger partial charge is 0.270 e. The molecule has 0 spiro atoms. The number of ether oxygens (including phenoxy) is 1. The molecule has 5 unspecified atom stereocenters. The summed E-state index contributed by atoms with van der Waals surface area (Å²) in [4.78, 5) is 23.2. The first kappa shape index (κ1) is 17.9. The van der Waals surface area contributed by atoms with Gasteiger partial charge in [0.15, 0.2) is 0 Å². The van der Waals surface area contributed by atoms with Gasteiger partial charge in [-0.15, -0.1) is 0 Å². The Morgan fingerprint density at radius 1 is 1.38 bits per heavy atom. The maximum atomic E-state index is 11.8. The van der Waals surface area contributed by atoms with E-state index < -0.39 is 16.2 Å². The summed E-state index contributed by atoms with van der Waals surface area (Å²) in [6, 6.07) is 0. The first-order chi connectivity index (χ1) is 11.3. The van der Waals surface area contributed by atoms with E-state index in [1.165, 1.54) is 0 Å². The van der Waals surface area contributed by atoms with E-state index in [9.17, 15) is 18.0 Å². The van der Waals surface area contributed by atoms with E-state index in [2.05, 4.69) is 11.9 Å². The van der Waals surface area contributed by atoms with E-state index in [1.807, 2.05) is 0 Å². The van der Waals surface area contributed by atoms with Crippen molar-refractivity contribution in [3.63, 3.8) is 0 Å². The Labute approximate surface area is 145 Å². The van der Waals surface area contributed by atoms with Crippen LogP contribution in [0.2, 0.25) is 0 Å². The largest absolute Gasteiger partial charge is 0.365 e. The highest BCUT2D eigenvalue weighted by molar-refractivity contribution is 8.14. The van der Waals surface area contributed by atoms with Gasteiger partial charge in [0, 0.05) is 18.2 Å². The van der Waals surface area contributed by atoms with Crippen molar-refractivity contribution in [1.82, 2.24) is 5.32 Å². The van der Waals surface area contributed by atoms with Crippen molar-refractivity contribution in [1.29, 1.82) is 0 Å². The maximum Gasteiger partial charge on any atom is 0.270 e. The highest BCUT2D eigenvalue weighted by Crippen LogP contribution is 2.55. The molecule has 3 aliphatic rings. The molecule has 0 aromatic carbocycles. The number of hydrogen-bond donors (Lipinski definition) is 1. The Bertz CT molecular complexity index is 661. The molecule has 2 saturated carbocycles. The molecule has 3 rings (SSSR count). The van der Waals surface area contributed by atoms with Crippen LogP contribution in [0.5, 0.6) is 0 Å². The van der Waals surface area contributed by atoms with Crippen molar-refractivity contribution in [3.8, 4) is 0 Å². The number of fused-ring (bicyclic) bond motifs is 1. The van der Waals surface area contributed by atoms with Crippen LogP contribution in [-0.4, -0.2) is 55.8 Å². The SMILES string of the molecule is C=C(C)C(=O)SCCNC(=O)COC1C2CC3C1OS(=O)(=O)C3C2. The number of carbonyl (C=O) groups excluding carboxylic acids is 2. The van der Waals surface area contributed by atoms with Gasteiger partial charge < -0.3 is 10.1 Å². The molecule has 0 aromatic heterocycles. The minimum atomic E-state index is -3.46. The van der Waals surface area contributed by atoms with Gasteiger partial charge in [-0.2, -0.15) is 8.42 Å². The third-order valence-corrected chi connectivity index (χ3v) is 7.62. The van der Waals surface area contributed by atoms with Gasteiger partial charge in [-0.25, -0.2) is 0 Å². The molecule has 1 aliphatic heterocycles. The molecule has 134 valence electrons. The predicted molar refractivity (Wildman–Crippen MR) is 88.8 cm³/mol. The van der Waals surface area contributed by atoms with Crippen molar-refractivity contribution in [2.24, 2.45) is 11.8 Å². The molecule has 9 heteroatoms. The van der Waals surface area contributed by atoms with Gasteiger partial charge in [-0.05, 0) is 31.3 Å². The van der Waals surface area contributed by atoms with Gasteiger partial charge >= 0.3 is 0 Å². The van der Waals surface area contributed by atoms with Gasteiger partial charge in [0.1, 0.15) is 12.7 Å². The summed E-state index contributed by atoms with van der Waals surface area (Å²) in [5.41, 5.74) is 0.482. The summed E-state index contributed by atoms with van der Waals surface area (Å²) in [6.45, 7) is 5.44. The molecule has 0 aromatic rings. The van der Waals surface area contributed by atoms with E-state index in [-0.39, 0.29) is 40.8 Å². The maximum absolute atomic E-state index is 11.8. The molecule has 0 radical (unpaired) electrons. The number of amides is 1. The molecule has 1 amide bonds. The highest BCUT2D eigenvalue weighted by atomic mass is 32.2. The Morgan fingerprint density at radius 3 is 2.83 bits per heavy atom. The van der Waals surface area contributed by atoms with Crippen LogP contribution in [-0.2, 0) is 28.6 Å². The Balaban J connectivity index is 1.39. The minimum absolute atomic E-state index is 0.0117. The van der Waals surface area contributed by atoms with E-state index in [0.29, 0.717) is 24.3 Å². The zero-order valence-corrected chi connectivity index (χ0v) is 15.0. The van der Waals surface area contributed by atoms with Crippen LogP contribution in [0.1, 0.15) is 19.8 Å². The molecule has 7 nitrogen and oxygen atoms in total. The summed E-state index contributed by atoms with van der Waals surface area (Å²) >= 11 is 1.11. The normalized spacial score (nSPS) is 35.1. The van der Waals surface area contributed by atoms with Crippen LogP contribution >= 0.6 is 11.8 Å². The molecule has 1 saturated heterocycles. The summed E-state index contributed by atoms with van der Waals surface area (Å²) < 4.78 is 34.5. The molecular formula is C15H21NO6S2. The second kappa shape index (κ2) is 6.78. The predicted octanol–water partition coefficient (Wildman–Crippen LogP) is 0.461. The molecule has 2 aliphatic carbocycles. The van der Waals surface area contributed by atoms with Crippen LogP contribution in [0.15, 0.2) is 12.2 Å². The average molecular weight is 375 g/mol. The van der Waals surface area contributed by atoms with E-state index >= 15 is 0 Å². The Hall–Kier alpha value is -0.900. The molecule has 24 heavy (non-hydrogen) atoms. The van der Waals surface area contributed by atoms with Crippen LogP contribution in [0.4, 0.5) is 0 Å². The Morgan fingerprint density at radius 2 is 2.12 bits per heavy atom. The van der Waals surface area contributed by atoms with Crippen LogP contribution in [0, 0.1) is 11.8 Å². The highest BCUT2D eigenvalue weighted by Gasteiger charge is 2.64. The Kier molecular flexibility index (Phi) is 5.06. The third kappa shape index (κ3) is 3.40. The van der Waals surface area contributed by atoms with Crippen LogP contribution in [0.3, 0.4) is 0 Å². The molecule has 1 heterocycles. The van der Waals surface area contributed by atoms with Crippen molar-refractivity contribution in [3.05, 3.63) is 12.2 Å². The lowest BCUT2D eigenvalue weighted by Crippen LogP contribution is -2.39. The van der Waals surface area contributed by atoms with Crippen LogP contribution < -0.4 is 5.32 Å². The molecule has 5 atom stereocenters. The molecule has 1 N–H and O–H groups in total. The summed E-state index contributed by atoms with van der Waals surface area (Å²) in [5, 5.41) is 2.21. The average Bonchev–Trinajstić information content (AvgIpc) is 3.11. The fourth-order valence-electron chi connectivity index (χ4n) is 3.79. The molecule has 3 fully saturated rings. The van der Waals surface area contributed by atoms with Gasteiger partial charge in [0.2, 0.25) is 11.0 Å².